The van der Waals surface area contributed by atoms with Crippen molar-refractivity contribution in [3.63, 3.8) is 0 Å². The number of carbonyl (C=O) groups is 2. The zero-order chi connectivity index (χ0) is 26.2. The lowest BCUT2D eigenvalue weighted by molar-refractivity contribution is 0.0954. The molecule has 0 aliphatic heterocycles. The van der Waals surface area contributed by atoms with Crippen LogP contribution in [-0.2, 0) is 4.84 Å². The van der Waals surface area contributed by atoms with Gasteiger partial charge in [0.15, 0.2) is 5.82 Å². The fraction of sp³-hybridized carbons (Fsp3) is 0.227. The Morgan fingerprint density at radius 1 is 1.19 bits per heavy atom. The van der Waals surface area contributed by atoms with Gasteiger partial charge >= 0.3 is 0 Å². The van der Waals surface area contributed by atoms with Gasteiger partial charge in [0.25, 0.3) is 18.2 Å². The molecule has 3 rings (SSSR count). The number of nitrogens with one attached hydrogen (secondary N) is 2. The van der Waals surface area contributed by atoms with Crippen LogP contribution in [0.5, 0.6) is 0 Å². The number of benzene rings is 1. The number of amides is 2. The largest absolute Gasteiger partial charge is 0.399 e. The number of halogens is 5. The molecule has 2 aromatic heterocycles. The van der Waals surface area contributed by atoms with E-state index in [1.165, 1.54) is 37.6 Å². The molecule has 36 heavy (non-hydrogen) atoms. The number of unbranched alkanes of at least 4 members (excludes halogenated alkanes) is 1. The van der Waals surface area contributed by atoms with Crippen molar-refractivity contribution in [3.8, 4) is 5.82 Å². The summed E-state index contributed by atoms with van der Waals surface area (Å²) >= 11 is 18.5. The van der Waals surface area contributed by atoms with Crippen molar-refractivity contribution in [2.75, 3.05) is 19.0 Å². The van der Waals surface area contributed by atoms with Gasteiger partial charge in [0.2, 0.25) is 0 Å². The average Bonchev–Trinajstić information content (AvgIpc) is 3.28. The van der Waals surface area contributed by atoms with Gasteiger partial charge in [-0.05, 0) is 43.2 Å². The maximum absolute atomic E-state index is 13.4. The fourth-order valence-corrected chi connectivity index (χ4v) is 3.78. The number of rotatable bonds is 10. The molecule has 0 fully saturated rings. The lowest BCUT2D eigenvalue weighted by Gasteiger charge is -2.14. The predicted octanol–water partition coefficient (Wildman–Crippen LogP) is 5.56. The molecule has 0 saturated heterocycles. The second-order valence-electron chi connectivity index (χ2n) is 7.11. The number of aromatic nitrogens is 3. The quantitative estimate of drug-likeness (QED) is 0.192. The molecule has 1 aromatic carbocycles. The standard InChI is InChI=1S/C22H19Cl3F2N6O3/c1-36-30-8-3-2-6-29-21(34)13-9-12(23)10-15(25)18(13)31-22(35)17-11-16(19(26)27)32-33(17)20-14(24)5-4-7-28-20/h4-5,7-11,19H,2-3,6H2,1H3,(H,29,34)(H,31,35)/b30-8+. The molecule has 0 bridgehead atoms. The van der Waals surface area contributed by atoms with Crippen molar-refractivity contribution in [3.05, 3.63) is 68.5 Å². The van der Waals surface area contributed by atoms with Crippen LogP contribution in [0.4, 0.5) is 14.5 Å². The number of hydrogen-bond acceptors (Lipinski definition) is 6. The summed E-state index contributed by atoms with van der Waals surface area (Å²) in [6, 6.07) is 6.55. The van der Waals surface area contributed by atoms with Gasteiger partial charge in [-0.15, -0.1) is 0 Å². The molecule has 0 aliphatic rings. The van der Waals surface area contributed by atoms with E-state index in [9.17, 15) is 18.4 Å². The van der Waals surface area contributed by atoms with E-state index in [1.807, 2.05) is 0 Å². The zero-order valence-corrected chi connectivity index (χ0v) is 20.9. The van der Waals surface area contributed by atoms with E-state index in [0.29, 0.717) is 12.8 Å². The van der Waals surface area contributed by atoms with Crippen LogP contribution in [-0.4, -0.2) is 46.4 Å². The van der Waals surface area contributed by atoms with E-state index < -0.39 is 23.9 Å². The first-order valence-electron chi connectivity index (χ1n) is 10.4. The maximum Gasteiger partial charge on any atom is 0.282 e. The Kier molecular flexibility index (Phi) is 9.57. The molecule has 190 valence electrons. The Balaban J connectivity index is 1.90. The molecule has 3 aromatic rings. The number of anilines is 1. The summed E-state index contributed by atoms with van der Waals surface area (Å²) in [5.74, 6) is -1.48. The van der Waals surface area contributed by atoms with Gasteiger partial charge in [0.1, 0.15) is 18.5 Å². The van der Waals surface area contributed by atoms with Crippen molar-refractivity contribution in [1.29, 1.82) is 0 Å². The first kappa shape index (κ1) is 27.3. The highest BCUT2D eigenvalue weighted by molar-refractivity contribution is 6.38. The van der Waals surface area contributed by atoms with Gasteiger partial charge in [-0.25, -0.2) is 18.4 Å². The summed E-state index contributed by atoms with van der Waals surface area (Å²) in [6.07, 6.45) is 1.08. The molecule has 0 aliphatic carbocycles. The molecule has 2 heterocycles. The summed E-state index contributed by atoms with van der Waals surface area (Å²) in [4.78, 5) is 34.6. The predicted molar refractivity (Wildman–Crippen MR) is 133 cm³/mol. The van der Waals surface area contributed by atoms with Crippen molar-refractivity contribution in [2.24, 2.45) is 5.16 Å². The summed E-state index contributed by atoms with van der Waals surface area (Å²) in [7, 11) is 1.42. The van der Waals surface area contributed by atoms with Crippen molar-refractivity contribution in [1.82, 2.24) is 20.1 Å². The molecule has 2 amide bonds. The molecule has 0 spiro atoms. The van der Waals surface area contributed by atoms with Crippen molar-refractivity contribution in [2.45, 2.75) is 19.3 Å². The molecule has 0 saturated carbocycles. The SMILES string of the molecule is CO/N=C/CCCNC(=O)c1cc(Cl)cc(Cl)c1NC(=O)c1cc(C(F)F)nn1-c1ncccc1Cl. The van der Waals surface area contributed by atoms with Crippen LogP contribution in [0.1, 0.15) is 45.8 Å². The molecular formula is C22H19Cl3F2N6O3. The normalized spacial score (nSPS) is 11.2. The number of carbonyl (C=O) groups excluding carboxylic acids is 2. The molecule has 14 heteroatoms. The third-order valence-corrected chi connectivity index (χ3v) is 5.45. The van der Waals surface area contributed by atoms with Crippen LogP contribution in [0.2, 0.25) is 15.1 Å². The van der Waals surface area contributed by atoms with Crippen LogP contribution < -0.4 is 10.6 Å². The molecule has 0 atom stereocenters. The van der Waals surface area contributed by atoms with Crippen LogP contribution in [0, 0.1) is 0 Å². The minimum absolute atomic E-state index is 0.0255. The lowest BCUT2D eigenvalue weighted by atomic mass is 10.1. The molecule has 0 unspecified atom stereocenters. The van der Waals surface area contributed by atoms with Crippen LogP contribution in [0.15, 0.2) is 41.7 Å². The second kappa shape index (κ2) is 12.6. The summed E-state index contributed by atoms with van der Waals surface area (Å²) in [5.41, 5.74) is -1.06. The smallest absolute Gasteiger partial charge is 0.282 e. The van der Waals surface area contributed by atoms with Gasteiger partial charge in [0, 0.05) is 24.0 Å². The van der Waals surface area contributed by atoms with E-state index in [1.54, 1.807) is 6.21 Å². The monoisotopic (exact) mass is 558 g/mol. The molecular weight excluding hydrogens is 541 g/mol. The first-order valence-corrected chi connectivity index (χ1v) is 11.5. The van der Waals surface area contributed by atoms with Gasteiger partial charge < -0.3 is 15.5 Å². The highest BCUT2D eigenvalue weighted by atomic mass is 35.5. The van der Waals surface area contributed by atoms with Crippen LogP contribution in [0.25, 0.3) is 5.82 Å². The van der Waals surface area contributed by atoms with Crippen LogP contribution >= 0.6 is 34.8 Å². The van der Waals surface area contributed by atoms with E-state index >= 15 is 0 Å². The van der Waals surface area contributed by atoms with E-state index in [-0.39, 0.29) is 44.4 Å². The summed E-state index contributed by atoms with van der Waals surface area (Å²) in [5, 5.41) is 12.8. The molecule has 9 nitrogen and oxygen atoms in total. The Morgan fingerprint density at radius 2 is 1.97 bits per heavy atom. The Bertz CT molecular complexity index is 1290. The first-order chi connectivity index (χ1) is 17.2. The summed E-state index contributed by atoms with van der Waals surface area (Å²) in [6.45, 7) is 0.286. The Morgan fingerprint density at radius 3 is 2.67 bits per heavy atom. The molecule has 0 radical (unpaired) electrons. The van der Waals surface area contributed by atoms with E-state index in [0.717, 1.165) is 10.7 Å². The topological polar surface area (TPSA) is 110 Å². The van der Waals surface area contributed by atoms with Crippen molar-refractivity contribution >= 4 is 58.5 Å². The van der Waals surface area contributed by atoms with E-state index in [2.05, 4.69) is 30.7 Å². The number of oxime groups is 1. The lowest BCUT2D eigenvalue weighted by Crippen LogP contribution is -2.27. The number of alkyl halides is 2. The van der Waals surface area contributed by atoms with Gasteiger partial charge in [-0.1, -0.05) is 40.0 Å². The highest BCUT2D eigenvalue weighted by Gasteiger charge is 2.25. The Labute approximate surface area is 219 Å². The van der Waals surface area contributed by atoms with Crippen LogP contribution in [0.3, 0.4) is 0 Å². The average molecular weight is 560 g/mol. The fourth-order valence-electron chi connectivity index (χ4n) is 3.04. The Hall–Kier alpha value is -3.28. The highest BCUT2D eigenvalue weighted by Crippen LogP contribution is 2.31. The maximum atomic E-state index is 13.4. The van der Waals surface area contributed by atoms with Gasteiger partial charge in [0.05, 0.1) is 21.3 Å². The molecule has 2 N–H and O–H groups in total. The van der Waals surface area contributed by atoms with E-state index in [4.69, 9.17) is 34.8 Å². The zero-order valence-electron chi connectivity index (χ0n) is 18.6. The third kappa shape index (κ3) is 6.68. The van der Waals surface area contributed by atoms with Gasteiger partial charge in [-0.3, -0.25) is 9.59 Å². The minimum Gasteiger partial charge on any atom is -0.399 e. The summed E-state index contributed by atoms with van der Waals surface area (Å²) < 4.78 is 27.7. The number of nitrogens with zero attached hydrogens (tertiary/aromatic N) is 4. The van der Waals surface area contributed by atoms with Crippen molar-refractivity contribution < 1.29 is 23.2 Å². The minimum atomic E-state index is -2.96. The second-order valence-corrected chi connectivity index (χ2v) is 8.36. The number of hydrogen-bond donors (Lipinski definition) is 2. The van der Waals surface area contributed by atoms with Gasteiger partial charge in [-0.2, -0.15) is 5.10 Å². The third-order valence-electron chi connectivity index (χ3n) is 4.64. The number of pyridine rings is 1.